The van der Waals surface area contributed by atoms with E-state index < -0.39 is 0 Å². The van der Waals surface area contributed by atoms with E-state index in [4.69, 9.17) is 4.74 Å². The number of aromatic nitrogens is 1. The molecule has 0 spiro atoms. The molecule has 2 fully saturated rings. The normalized spacial score (nSPS) is 22.2. The van der Waals surface area contributed by atoms with Crippen molar-refractivity contribution in [2.24, 2.45) is 0 Å². The number of pyridine rings is 1. The van der Waals surface area contributed by atoms with Gasteiger partial charge < -0.3 is 15.4 Å². The summed E-state index contributed by atoms with van der Waals surface area (Å²) in [5.41, 5.74) is 1.40. The van der Waals surface area contributed by atoms with Crippen molar-refractivity contribution >= 4 is 11.6 Å². The van der Waals surface area contributed by atoms with Crippen molar-refractivity contribution in [3.8, 4) is 0 Å². The van der Waals surface area contributed by atoms with Gasteiger partial charge in [-0.25, -0.2) is 0 Å². The fraction of sp³-hybridized carbons (Fsp3) is 0.571. The lowest BCUT2D eigenvalue weighted by Crippen LogP contribution is -2.26. The second-order valence-electron chi connectivity index (χ2n) is 5.19. The first kappa shape index (κ1) is 12.4. The fourth-order valence-electron chi connectivity index (χ4n) is 2.19. The van der Waals surface area contributed by atoms with Gasteiger partial charge in [0, 0.05) is 31.1 Å². The Kier molecular flexibility index (Phi) is 3.64. The van der Waals surface area contributed by atoms with E-state index >= 15 is 0 Å². The standard InChI is InChI=1S/C14H19N3O2/c18-14(17-10-3-4-10)13-8-11(5-6-15-13)16-9-12-2-1-7-19-12/h5-6,8,10,12H,1-4,7,9H2,(H,15,16)(H,17,18). The Morgan fingerprint density at radius 3 is 3.05 bits per heavy atom. The van der Waals surface area contributed by atoms with Gasteiger partial charge in [-0.3, -0.25) is 9.78 Å². The summed E-state index contributed by atoms with van der Waals surface area (Å²) in [4.78, 5) is 16.0. The minimum absolute atomic E-state index is 0.0803. The lowest BCUT2D eigenvalue weighted by molar-refractivity contribution is 0.0946. The molecule has 2 heterocycles. The summed E-state index contributed by atoms with van der Waals surface area (Å²) in [5, 5.41) is 6.25. The van der Waals surface area contributed by atoms with E-state index in [1.165, 1.54) is 0 Å². The van der Waals surface area contributed by atoms with Crippen LogP contribution in [0.5, 0.6) is 0 Å². The molecular weight excluding hydrogens is 242 g/mol. The molecule has 1 saturated carbocycles. The summed E-state index contributed by atoms with van der Waals surface area (Å²) in [5.74, 6) is -0.0803. The molecule has 0 radical (unpaired) electrons. The molecule has 1 unspecified atom stereocenters. The zero-order valence-corrected chi connectivity index (χ0v) is 10.9. The Hall–Kier alpha value is -1.62. The van der Waals surface area contributed by atoms with Gasteiger partial charge in [0.15, 0.2) is 0 Å². The van der Waals surface area contributed by atoms with Gasteiger partial charge in [0.2, 0.25) is 0 Å². The van der Waals surface area contributed by atoms with E-state index in [1.807, 2.05) is 6.07 Å². The minimum atomic E-state index is -0.0803. The Bertz CT molecular complexity index is 454. The highest BCUT2D eigenvalue weighted by molar-refractivity contribution is 5.93. The van der Waals surface area contributed by atoms with Crippen LogP contribution >= 0.6 is 0 Å². The molecule has 2 N–H and O–H groups in total. The second kappa shape index (κ2) is 5.57. The zero-order valence-electron chi connectivity index (χ0n) is 10.9. The van der Waals surface area contributed by atoms with Crippen molar-refractivity contribution in [3.05, 3.63) is 24.0 Å². The molecule has 1 aromatic rings. The zero-order chi connectivity index (χ0) is 13.1. The van der Waals surface area contributed by atoms with Crippen LogP contribution in [-0.4, -0.2) is 36.2 Å². The average Bonchev–Trinajstić information content (AvgIpc) is 3.09. The molecule has 1 amide bonds. The quantitative estimate of drug-likeness (QED) is 0.844. The highest BCUT2D eigenvalue weighted by atomic mass is 16.5. The van der Waals surface area contributed by atoms with E-state index in [0.717, 1.165) is 44.5 Å². The van der Waals surface area contributed by atoms with Crippen molar-refractivity contribution < 1.29 is 9.53 Å². The molecule has 5 heteroatoms. The topological polar surface area (TPSA) is 63.2 Å². The van der Waals surface area contributed by atoms with Crippen LogP contribution in [0.25, 0.3) is 0 Å². The molecule has 1 aromatic heterocycles. The van der Waals surface area contributed by atoms with E-state index in [1.54, 1.807) is 12.3 Å². The summed E-state index contributed by atoms with van der Waals surface area (Å²) >= 11 is 0. The van der Waals surface area contributed by atoms with Gasteiger partial charge in [0.1, 0.15) is 5.69 Å². The molecule has 19 heavy (non-hydrogen) atoms. The summed E-state index contributed by atoms with van der Waals surface area (Å²) in [7, 11) is 0. The molecule has 102 valence electrons. The number of ether oxygens (including phenoxy) is 1. The number of rotatable bonds is 5. The molecule has 3 rings (SSSR count). The molecule has 1 atom stereocenters. The van der Waals surface area contributed by atoms with Crippen molar-refractivity contribution in [3.63, 3.8) is 0 Å². The van der Waals surface area contributed by atoms with Crippen LogP contribution in [0, 0.1) is 0 Å². The maximum absolute atomic E-state index is 11.9. The molecule has 1 saturated heterocycles. The van der Waals surface area contributed by atoms with E-state index in [-0.39, 0.29) is 12.0 Å². The van der Waals surface area contributed by atoms with Gasteiger partial charge in [0.25, 0.3) is 5.91 Å². The largest absolute Gasteiger partial charge is 0.382 e. The fourth-order valence-corrected chi connectivity index (χ4v) is 2.19. The van der Waals surface area contributed by atoms with Crippen molar-refractivity contribution in [1.82, 2.24) is 10.3 Å². The maximum atomic E-state index is 11.9. The van der Waals surface area contributed by atoms with E-state index in [9.17, 15) is 4.79 Å². The number of anilines is 1. The molecule has 1 aliphatic heterocycles. The number of hydrogen-bond donors (Lipinski definition) is 2. The Morgan fingerprint density at radius 2 is 2.32 bits per heavy atom. The monoisotopic (exact) mass is 261 g/mol. The van der Waals surface area contributed by atoms with Gasteiger partial charge in [0.05, 0.1) is 6.10 Å². The Balaban J connectivity index is 1.56. The average molecular weight is 261 g/mol. The number of hydrogen-bond acceptors (Lipinski definition) is 4. The highest BCUT2D eigenvalue weighted by Crippen LogP contribution is 2.19. The number of carbonyl (C=O) groups excluding carboxylic acids is 1. The maximum Gasteiger partial charge on any atom is 0.270 e. The van der Waals surface area contributed by atoms with Crippen LogP contribution < -0.4 is 10.6 Å². The van der Waals surface area contributed by atoms with Crippen LogP contribution in [0.1, 0.15) is 36.2 Å². The summed E-state index contributed by atoms with van der Waals surface area (Å²) in [6.07, 6.45) is 6.37. The first-order valence-corrected chi connectivity index (χ1v) is 6.93. The Labute approximate surface area is 112 Å². The highest BCUT2D eigenvalue weighted by Gasteiger charge is 2.24. The number of amides is 1. The Morgan fingerprint density at radius 1 is 1.42 bits per heavy atom. The van der Waals surface area contributed by atoms with Gasteiger partial charge in [-0.05, 0) is 37.8 Å². The first-order valence-electron chi connectivity index (χ1n) is 6.93. The van der Waals surface area contributed by atoms with Crippen molar-refractivity contribution in [1.29, 1.82) is 0 Å². The third-order valence-electron chi connectivity index (χ3n) is 3.46. The third-order valence-corrected chi connectivity index (χ3v) is 3.46. The van der Waals surface area contributed by atoms with Crippen LogP contribution in [0.3, 0.4) is 0 Å². The van der Waals surface area contributed by atoms with Gasteiger partial charge in [-0.15, -0.1) is 0 Å². The van der Waals surface area contributed by atoms with Crippen LogP contribution in [0.2, 0.25) is 0 Å². The predicted molar refractivity (Wildman–Crippen MR) is 72.2 cm³/mol. The summed E-state index contributed by atoms with van der Waals surface area (Å²) in [6, 6.07) is 4.04. The lowest BCUT2D eigenvalue weighted by Gasteiger charge is -2.12. The van der Waals surface area contributed by atoms with Crippen molar-refractivity contribution in [2.45, 2.75) is 37.8 Å². The molecular formula is C14H19N3O2. The lowest BCUT2D eigenvalue weighted by atomic mass is 10.2. The third kappa shape index (κ3) is 3.44. The summed E-state index contributed by atoms with van der Waals surface area (Å²) in [6.45, 7) is 1.64. The first-order chi connectivity index (χ1) is 9.31. The SMILES string of the molecule is O=C(NC1CC1)c1cc(NCC2CCCO2)ccn1. The van der Waals surface area contributed by atoms with Gasteiger partial charge in [-0.2, -0.15) is 0 Å². The molecule has 0 aromatic carbocycles. The molecule has 1 aliphatic carbocycles. The smallest absolute Gasteiger partial charge is 0.270 e. The molecule has 2 aliphatic rings. The van der Waals surface area contributed by atoms with Crippen LogP contribution in [0.15, 0.2) is 18.3 Å². The van der Waals surface area contributed by atoms with Crippen LogP contribution in [-0.2, 0) is 4.74 Å². The van der Waals surface area contributed by atoms with Gasteiger partial charge >= 0.3 is 0 Å². The summed E-state index contributed by atoms with van der Waals surface area (Å²) < 4.78 is 5.56. The second-order valence-corrected chi connectivity index (χ2v) is 5.19. The number of carbonyl (C=O) groups is 1. The van der Waals surface area contributed by atoms with E-state index in [0.29, 0.717) is 11.7 Å². The minimum Gasteiger partial charge on any atom is -0.382 e. The number of nitrogens with zero attached hydrogens (tertiary/aromatic N) is 1. The molecule has 5 nitrogen and oxygen atoms in total. The van der Waals surface area contributed by atoms with E-state index in [2.05, 4.69) is 15.6 Å². The van der Waals surface area contributed by atoms with Crippen LogP contribution in [0.4, 0.5) is 5.69 Å². The number of nitrogens with one attached hydrogen (secondary N) is 2. The molecule has 0 bridgehead atoms. The van der Waals surface area contributed by atoms with Crippen molar-refractivity contribution in [2.75, 3.05) is 18.5 Å². The van der Waals surface area contributed by atoms with Gasteiger partial charge in [-0.1, -0.05) is 0 Å². The predicted octanol–water partition coefficient (Wildman–Crippen LogP) is 1.56.